The van der Waals surface area contributed by atoms with Crippen molar-refractivity contribution in [2.24, 2.45) is 0 Å². The number of nitrogens with two attached hydrogens (primary N) is 1. The van der Waals surface area contributed by atoms with Crippen LogP contribution in [0.25, 0.3) is 5.52 Å². The zero-order valence-electron chi connectivity index (χ0n) is 9.17. The summed E-state index contributed by atoms with van der Waals surface area (Å²) in [5.41, 5.74) is 6.48. The fourth-order valence-electron chi connectivity index (χ4n) is 1.67. The molecule has 0 radical (unpaired) electrons. The first-order valence-electron chi connectivity index (χ1n) is 4.98. The molecule has 0 aliphatic heterocycles. The van der Waals surface area contributed by atoms with Crippen LogP contribution in [0.15, 0.2) is 18.3 Å². The molecule has 88 valence electrons. The van der Waals surface area contributed by atoms with Crippen molar-refractivity contribution >= 4 is 23.0 Å². The number of pyridine rings is 1. The van der Waals surface area contributed by atoms with Gasteiger partial charge in [-0.15, -0.1) is 0 Å². The van der Waals surface area contributed by atoms with Crippen LogP contribution < -0.4 is 5.73 Å². The molecule has 0 saturated carbocycles. The van der Waals surface area contributed by atoms with E-state index in [1.807, 2.05) is 0 Å². The number of hydrogen-bond donors (Lipinski definition) is 2. The molecule has 2 aromatic heterocycles. The number of nitrogen functional groups attached to an aromatic ring is 1. The topological polar surface area (TPSA) is 97.7 Å². The summed E-state index contributed by atoms with van der Waals surface area (Å²) in [5, 5.41) is 9.01. The maximum Gasteiger partial charge on any atom is 0.356 e. The normalized spacial score (nSPS) is 10.6. The van der Waals surface area contributed by atoms with Crippen molar-refractivity contribution in [2.45, 2.75) is 13.3 Å². The van der Waals surface area contributed by atoms with Crippen molar-refractivity contribution < 1.29 is 14.7 Å². The van der Waals surface area contributed by atoms with Crippen molar-refractivity contribution in [3.8, 4) is 0 Å². The van der Waals surface area contributed by atoms with Crippen molar-refractivity contribution in [2.75, 3.05) is 5.73 Å². The first-order chi connectivity index (χ1) is 7.99. The summed E-state index contributed by atoms with van der Waals surface area (Å²) in [6.45, 7) is 1.42. The fourth-order valence-corrected chi connectivity index (χ4v) is 1.67. The summed E-state index contributed by atoms with van der Waals surface area (Å²) in [4.78, 5) is 26.1. The Labute approximate surface area is 96.7 Å². The molecule has 0 aromatic carbocycles. The number of aromatic carboxylic acids is 1. The summed E-state index contributed by atoms with van der Waals surface area (Å²) < 4.78 is 1.54. The molecule has 0 unspecified atom stereocenters. The summed E-state index contributed by atoms with van der Waals surface area (Å²) in [6.07, 6.45) is 1.64. The number of fused-ring (bicyclic) bond motifs is 1. The summed E-state index contributed by atoms with van der Waals surface area (Å²) in [6, 6.07) is 3.18. The molecule has 2 heterocycles. The van der Waals surface area contributed by atoms with Gasteiger partial charge in [-0.1, -0.05) is 0 Å². The smallest absolute Gasteiger partial charge is 0.356 e. The van der Waals surface area contributed by atoms with Crippen LogP contribution in [0.3, 0.4) is 0 Å². The van der Waals surface area contributed by atoms with Gasteiger partial charge in [-0.05, 0) is 19.1 Å². The van der Waals surface area contributed by atoms with E-state index in [-0.39, 0.29) is 17.9 Å². The molecule has 0 atom stereocenters. The minimum absolute atomic E-state index is 0.0683. The maximum absolute atomic E-state index is 11.1. The van der Waals surface area contributed by atoms with E-state index < -0.39 is 5.97 Å². The lowest BCUT2D eigenvalue weighted by molar-refractivity contribution is -0.116. The molecular weight excluding hydrogens is 222 g/mol. The number of carboxylic acids is 1. The number of anilines is 1. The highest BCUT2D eigenvalue weighted by atomic mass is 16.4. The van der Waals surface area contributed by atoms with Crippen molar-refractivity contribution in [3.63, 3.8) is 0 Å². The van der Waals surface area contributed by atoms with E-state index in [9.17, 15) is 9.59 Å². The van der Waals surface area contributed by atoms with Gasteiger partial charge in [0, 0.05) is 11.9 Å². The number of aromatic nitrogens is 2. The molecule has 2 aromatic rings. The van der Waals surface area contributed by atoms with Crippen LogP contribution in [0.1, 0.15) is 23.2 Å². The van der Waals surface area contributed by atoms with Gasteiger partial charge < -0.3 is 15.2 Å². The highest BCUT2D eigenvalue weighted by Crippen LogP contribution is 2.16. The lowest BCUT2D eigenvalue weighted by Gasteiger charge is -2.00. The lowest BCUT2D eigenvalue weighted by Crippen LogP contribution is -2.02. The summed E-state index contributed by atoms with van der Waals surface area (Å²) >= 11 is 0. The molecule has 6 nitrogen and oxygen atoms in total. The predicted octanol–water partition coefficient (Wildman–Crippen LogP) is 0.746. The molecule has 0 fully saturated rings. The zero-order valence-corrected chi connectivity index (χ0v) is 9.17. The fraction of sp³-hybridized carbons (Fsp3) is 0.182. The highest BCUT2D eigenvalue weighted by molar-refractivity contribution is 5.94. The molecule has 0 aliphatic carbocycles. The minimum atomic E-state index is -1.12. The Hall–Kier alpha value is -2.37. The Balaban J connectivity index is 2.70. The molecule has 17 heavy (non-hydrogen) atoms. The van der Waals surface area contributed by atoms with Crippen LogP contribution in [-0.4, -0.2) is 26.2 Å². The van der Waals surface area contributed by atoms with E-state index in [2.05, 4.69) is 4.98 Å². The Bertz CT molecular complexity index is 616. The second-order valence-electron chi connectivity index (χ2n) is 3.78. The van der Waals surface area contributed by atoms with Crippen LogP contribution >= 0.6 is 0 Å². The van der Waals surface area contributed by atoms with Crippen LogP contribution in [0.4, 0.5) is 5.69 Å². The Kier molecular flexibility index (Phi) is 2.55. The third-order valence-electron chi connectivity index (χ3n) is 2.34. The van der Waals surface area contributed by atoms with Crippen LogP contribution in [0.2, 0.25) is 0 Å². The molecule has 0 bridgehead atoms. The number of carbonyl (C=O) groups excluding carboxylic acids is 1. The summed E-state index contributed by atoms with van der Waals surface area (Å²) in [7, 11) is 0. The third-order valence-corrected chi connectivity index (χ3v) is 2.34. The van der Waals surface area contributed by atoms with Gasteiger partial charge in [-0.3, -0.25) is 4.79 Å². The van der Waals surface area contributed by atoms with Crippen LogP contribution in [0, 0.1) is 0 Å². The lowest BCUT2D eigenvalue weighted by atomic mass is 10.3. The van der Waals surface area contributed by atoms with E-state index in [1.54, 1.807) is 22.7 Å². The predicted molar refractivity (Wildman–Crippen MR) is 60.9 cm³/mol. The second kappa shape index (κ2) is 3.89. The Morgan fingerprint density at radius 2 is 2.18 bits per heavy atom. The largest absolute Gasteiger partial charge is 0.476 e. The van der Waals surface area contributed by atoms with E-state index in [1.165, 1.54) is 6.92 Å². The maximum atomic E-state index is 11.1. The standard InChI is InChI=1S/C11H11N3O3/c1-6(15)4-9-13-10(11(16)17)8-3-2-7(12)5-14(8)9/h2-3,5H,4,12H2,1H3,(H,16,17). The van der Waals surface area contributed by atoms with E-state index in [0.29, 0.717) is 17.0 Å². The molecule has 0 amide bonds. The second-order valence-corrected chi connectivity index (χ2v) is 3.78. The van der Waals surface area contributed by atoms with E-state index >= 15 is 0 Å². The van der Waals surface area contributed by atoms with Gasteiger partial charge in [0.1, 0.15) is 11.6 Å². The van der Waals surface area contributed by atoms with Gasteiger partial charge in [-0.2, -0.15) is 0 Å². The van der Waals surface area contributed by atoms with Crippen LogP contribution in [-0.2, 0) is 11.2 Å². The zero-order chi connectivity index (χ0) is 12.6. The monoisotopic (exact) mass is 233 g/mol. The average Bonchev–Trinajstić information content (AvgIpc) is 2.56. The van der Waals surface area contributed by atoms with Gasteiger partial charge in [0.25, 0.3) is 0 Å². The average molecular weight is 233 g/mol. The molecule has 0 saturated heterocycles. The highest BCUT2D eigenvalue weighted by Gasteiger charge is 2.17. The van der Waals surface area contributed by atoms with Crippen molar-refractivity contribution in [1.29, 1.82) is 0 Å². The van der Waals surface area contributed by atoms with E-state index in [4.69, 9.17) is 10.8 Å². The molecule has 3 N–H and O–H groups in total. The molecular formula is C11H11N3O3. The molecule has 0 spiro atoms. The van der Waals surface area contributed by atoms with Gasteiger partial charge in [-0.25, -0.2) is 9.78 Å². The number of imidazole rings is 1. The summed E-state index contributed by atoms with van der Waals surface area (Å²) in [5.74, 6) is -0.824. The number of carbonyl (C=O) groups is 2. The minimum Gasteiger partial charge on any atom is -0.476 e. The quantitative estimate of drug-likeness (QED) is 0.815. The number of carboxylic acid groups (broad SMARTS) is 1. The van der Waals surface area contributed by atoms with Gasteiger partial charge in [0.05, 0.1) is 11.9 Å². The van der Waals surface area contributed by atoms with Gasteiger partial charge >= 0.3 is 5.97 Å². The number of ketones is 1. The third kappa shape index (κ3) is 1.96. The molecule has 2 rings (SSSR count). The van der Waals surface area contributed by atoms with Crippen molar-refractivity contribution in [3.05, 3.63) is 29.8 Å². The molecule has 0 aliphatic rings. The van der Waals surface area contributed by atoms with E-state index in [0.717, 1.165) is 0 Å². The number of hydrogen-bond acceptors (Lipinski definition) is 4. The number of rotatable bonds is 3. The molecule has 6 heteroatoms. The van der Waals surface area contributed by atoms with Crippen molar-refractivity contribution in [1.82, 2.24) is 9.38 Å². The van der Waals surface area contributed by atoms with Crippen LogP contribution in [0.5, 0.6) is 0 Å². The Morgan fingerprint density at radius 3 is 2.76 bits per heavy atom. The first-order valence-corrected chi connectivity index (χ1v) is 4.98. The SMILES string of the molecule is CC(=O)Cc1nc(C(=O)O)c2ccc(N)cn12. The Morgan fingerprint density at radius 1 is 1.47 bits per heavy atom. The first kappa shape index (κ1) is 11.1. The number of Topliss-reactive ketones (excluding diaryl/α,β-unsaturated/α-hetero) is 1. The number of nitrogens with zero attached hydrogens (tertiary/aromatic N) is 2. The van der Waals surface area contributed by atoms with Gasteiger partial charge in [0.2, 0.25) is 0 Å². The van der Waals surface area contributed by atoms with Gasteiger partial charge in [0.15, 0.2) is 5.69 Å².